The molecule has 3 atom stereocenters. The summed E-state index contributed by atoms with van der Waals surface area (Å²) in [7, 11) is -3.51. The van der Waals surface area contributed by atoms with Gasteiger partial charge in [0.15, 0.2) is 0 Å². The van der Waals surface area contributed by atoms with Crippen molar-refractivity contribution < 1.29 is 18.3 Å². The van der Waals surface area contributed by atoms with E-state index < -0.39 is 15.7 Å². The molecule has 0 saturated carbocycles. The number of nitrogens with one attached hydrogen (secondary N) is 1. The summed E-state index contributed by atoms with van der Waals surface area (Å²) in [5.74, 6) is 0.0513. The molecule has 7 heteroatoms. The highest BCUT2D eigenvalue weighted by molar-refractivity contribution is 7.87. The maximum Gasteiger partial charge on any atom is 0.280 e. The minimum Gasteiger partial charge on any atom is -0.396 e. The van der Waals surface area contributed by atoms with Crippen LogP contribution in [0.5, 0.6) is 0 Å². The molecule has 0 aliphatic carbocycles. The summed E-state index contributed by atoms with van der Waals surface area (Å²) in [6, 6.07) is 0. The molecule has 0 aromatic rings. The molecular weight excluding hydrogens is 268 g/mol. The fraction of sp³-hybridized carbons (Fsp3) is 1.00. The lowest BCUT2D eigenvalue weighted by Crippen LogP contribution is -2.56. The third-order valence-corrected chi connectivity index (χ3v) is 6.06. The van der Waals surface area contributed by atoms with Crippen LogP contribution in [-0.4, -0.2) is 55.8 Å². The van der Waals surface area contributed by atoms with Crippen LogP contribution in [0, 0.1) is 5.92 Å². The second-order valence-corrected chi connectivity index (χ2v) is 7.51. The first-order valence-electron chi connectivity index (χ1n) is 6.89. The Hall–Kier alpha value is -0.210. The number of hydrogen-bond acceptors (Lipinski definition) is 4. The molecule has 2 rings (SSSR count). The van der Waals surface area contributed by atoms with Crippen LogP contribution in [0.3, 0.4) is 0 Å². The molecule has 2 aliphatic rings. The number of piperidine rings is 1. The summed E-state index contributed by atoms with van der Waals surface area (Å²) in [5.41, 5.74) is -0.537. The van der Waals surface area contributed by atoms with E-state index in [9.17, 15) is 13.5 Å². The first-order chi connectivity index (χ1) is 8.87. The third kappa shape index (κ3) is 3.28. The molecule has 3 unspecified atom stereocenters. The topological polar surface area (TPSA) is 78.9 Å². The number of aliphatic hydroxyl groups excluding tert-OH is 1. The van der Waals surface area contributed by atoms with E-state index in [1.165, 1.54) is 4.31 Å². The van der Waals surface area contributed by atoms with Crippen LogP contribution in [0.4, 0.5) is 0 Å². The third-order valence-electron chi connectivity index (χ3n) is 4.33. The Morgan fingerprint density at radius 3 is 2.84 bits per heavy atom. The molecule has 0 aromatic carbocycles. The first kappa shape index (κ1) is 15.2. The van der Waals surface area contributed by atoms with Crippen molar-refractivity contribution >= 4 is 10.2 Å². The Bertz CT molecular complexity index is 414. The van der Waals surface area contributed by atoms with Crippen molar-refractivity contribution in [2.24, 2.45) is 5.92 Å². The van der Waals surface area contributed by atoms with Crippen LogP contribution >= 0.6 is 0 Å². The van der Waals surface area contributed by atoms with E-state index in [0.29, 0.717) is 26.1 Å². The standard InChI is InChI=1S/C12H24N2O4S/c1-10-12(2,5-7-18-10)13-19(16,17)14-6-3-4-11(8-14)9-15/h10-11,13,15H,3-9H2,1-2H3. The van der Waals surface area contributed by atoms with Gasteiger partial charge in [0.1, 0.15) is 0 Å². The van der Waals surface area contributed by atoms with Crippen molar-refractivity contribution in [3.63, 3.8) is 0 Å². The molecule has 0 radical (unpaired) electrons. The van der Waals surface area contributed by atoms with Gasteiger partial charge in [0.2, 0.25) is 0 Å². The van der Waals surface area contributed by atoms with Gasteiger partial charge < -0.3 is 9.84 Å². The Labute approximate surface area is 115 Å². The number of aliphatic hydroxyl groups is 1. The zero-order valence-corrected chi connectivity index (χ0v) is 12.4. The van der Waals surface area contributed by atoms with Crippen molar-refractivity contribution in [2.75, 3.05) is 26.3 Å². The molecule has 0 aromatic heterocycles. The van der Waals surface area contributed by atoms with Gasteiger partial charge >= 0.3 is 0 Å². The van der Waals surface area contributed by atoms with E-state index >= 15 is 0 Å². The lowest BCUT2D eigenvalue weighted by atomic mass is 9.97. The summed E-state index contributed by atoms with van der Waals surface area (Å²) in [6.07, 6.45) is 2.25. The summed E-state index contributed by atoms with van der Waals surface area (Å²) >= 11 is 0. The van der Waals surface area contributed by atoms with Gasteiger partial charge in [0.25, 0.3) is 10.2 Å². The van der Waals surface area contributed by atoms with Crippen LogP contribution in [0.15, 0.2) is 0 Å². The maximum atomic E-state index is 12.4. The van der Waals surface area contributed by atoms with Gasteiger partial charge in [0.05, 0.1) is 11.6 Å². The van der Waals surface area contributed by atoms with E-state index in [4.69, 9.17) is 4.74 Å². The van der Waals surface area contributed by atoms with Crippen molar-refractivity contribution in [3.8, 4) is 0 Å². The SMILES string of the molecule is CC1OCCC1(C)NS(=O)(=O)N1CCCC(CO)C1. The number of nitrogens with zero attached hydrogens (tertiary/aromatic N) is 1. The van der Waals surface area contributed by atoms with E-state index in [-0.39, 0.29) is 18.6 Å². The summed E-state index contributed by atoms with van der Waals surface area (Å²) < 4.78 is 34.6. The monoisotopic (exact) mass is 292 g/mol. The number of ether oxygens (including phenoxy) is 1. The zero-order chi connectivity index (χ0) is 14.1. The van der Waals surface area contributed by atoms with Crippen molar-refractivity contribution in [2.45, 2.75) is 44.8 Å². The summed E-state index contributed by atoms with van der Waals surface area (Å²) in [6.45, 7) is 5.33. The van der Waals surface area contributed by atoms with Crippen LogP contribution in [-0.2, 0) is 14.9 Å². The molecule has 2 saturated heterocycles. The fourth-order valence-electron chi connectivity index (χ4n) is 2.72. The Kier molecular flexibility index (Phi) is 4.52. The van der Waals surface area contributed by atoms with Crippen LogP contribution < -0.4 is 4.72 Å². The molecule has 19 heavy (non-hydrogen) atoms. The quantitative estimate of drug-likeness (QED) is 0.770. The Morgan fingerprint density at radius 1 is 1.53 bits per heavy atom. The van der Waals surface area contributed by atoms with Gasteiger partial charge in [-0.1, -0.05) is 0 Å². The van der Waals surface area contributed by atoms with Crippen LogP contribution in [0.1, 0.15) is 33.1 Å². The predicted octanol–water partition coefficient (Wildman–Crippen LogP) is 0.0926. The van der Waals surface area contributed by atoms with Crippen molar-refractivity contribution in [3.05, 3.63) is 0 Å². The molecule has 2 heterocycles. The molecule has 0 bridgehead atoms. The van der Waals surface area contributed by atoms with Crippen molar-refractivity contribution in [1.82, 2.24) is 9.03 Å². The molecule has 2 aliphatic heterocycles. The van der Waals surface area contributed by atoms with E-state index in [1.807, 2.05) is 13.8 Å². The summed E-state index contributed by atoms with van der Waals surface area (Å²) in [5, 5.41) is 9.19. The van der Waals surface area contributed by atoms with E-state index in [1.54, 1.807) is 0 Å². The molecule has 6 nitrogen and oxygen atoms in total. The zero-order valence-electron chi connectivity index (χ0n) is 11.6. The van der Waals surface area contributed by atoms with Gasteiger partial charge in [-0.2, -0.15) is 17.4 Å². The van der Waals surface area contributed by atoms with Crippen molar-refractivity contribution in [1.29, 1.82) is 0 Å². The minimum atomic E-state index is -3.51. The normalized spacial score (nSPS) is 37.6. The largest absolute Gasteiger partial charge is 0.396 e. The first-order valence-corrected chi connectivity index (χ1v) is 8.33. The maximum absolute atomic E-state index is 12.4. The fourth-order valence-corrected chi connectivity index (χ4v) is 4.49. The second kappa shape index (κ2) is 5.65. The van der Waals surface area contributed by atoms with Gasteiger partial charge in [-0.25, -0.2) is 0 Å². The average Bonchev–Trinajstić information content (AvgIpc) is 2.68. The van der Waals surface area contributed by atoms with E-state index in [0.717, 1.165) is 12.8 Å². The van der Waals surface area contributed by atoms with Gasteiger partial charge in [0, 0.05) is 26.3 Å². The highest BCUT2D eigenvalue weighted by atomic mass is 32.2. The van der Waals surface area contributed by atoms with E-state index in [2.05, 4.69) is 4.72 Å². The molecule has 2 fully saturated rings. The van der Waals surface area contributed by atoms with Gasteiger partial charge in [-0.15, -0.1) is 0 Å². The molecule has 2 N–H and O–H groups in total. The lowest BCUT2D eigenvalue weighted by Gasteiger charge is -2.35. The highest BCUT2D eigenvalue weighted by Crippen LogP contribution is 2.27. The highest BCUT2D eigenvalue weighted by Gasteiger charge is 2.42. The predicted molar refractivity (Wildman–Crippen MR) is 71.9 cm³/mol. The number of hydrogen-bond donors (Lipinski definition) is 2. The van der Waals surface area contributed by atoms with Gasteiger partial charge in [-0.3, -0.25) is 0 Å². The smallest absolute Gasteiger partial charge is 0.280 e. The molecular formula is C12H24N2O4S. The molecule has 0 amide bonds. The molecule has 0 spiro atoms. The van der Waals surface area contributed by atoms with Crippen LogP contribution in [0.2, 0.25) is 0 Å². The Morgan fingerprint density at radius 2 is 2.26 bits per heavy atom. The average molecular weight is 292 g/mol. The minimum absolute atomic E-state index is 0.0444. The molecule has 112 valence electrons. The Balaban J connectivity index is 2.05. The lowest BCUT2D eigenvalue weighted by molar-refractivity contribution is 0.0945. The number of rotatable bonds is 4. The van der Waals surface area contributed by atoms with Crippen LogP contribution in [0.25, 0.3) is 0 Å². The van der Waals surface area contributed by atoms with Gasteiger partial charge in [-0.05, 0) is 39.0 Å². The second-order valence-electron chi connectivity index (χ2n) is 5.84. The summed E-state index contributed by atoms with van der Waals surface area (Å²) in [4.78, 5) is 0.